The van der Waals surface area contributed by atoms with Gasteiger partial charge in [0.1, 0.15) is 11.3 Å². The van der Waals surface area contributed by atoms with Crippen molar-refractivity contribution in [2.45, 2.75) is 26.5 Å². The van der Waals surface area contributed by atoms with Crippen LogP contribution >= 0.6 is 0 Å². The number of aromatic nitrogens is 3. The van der Waals surface area contributed by atoms with Gasteiger partial charge in [0.25, 0.3) is 0 Å². The molecule has 0 saturated heterocycles. The Kier molecular flexibility index (Phi) is 4.56. The van der Waals surface area contributed by atoms with E-state index in [1.807, 2.05) is 6.92 Å². The number of halogens is 1. The number of ketones is 1. The predicted molar refractivity (Wildman–Crippen MR) is 88.8 cm³/mol. The molecule has 1 atom stereocenters. The molecule has 3 rings (SSSR count). The zero-order chi connectivity index (χ0) is 18.0. The number of Topliss-reactive ketones (excluding diaryl/α,β-unsaturated/α-hetero) is 1. The lowest BCUT2D eigenvalue weighted by Crippen LogP contribution is -2.24. The maximum atomic E-state index is 12.9. The fourth-order valence-electron chi connectivity index (χ4n) is 2.46. The number of aryl methyl sites for hydroxylation is 1. The summed E-state index contributed by atoms with van der Waals surface area (Å²) in [7, 11) is 0. The van der Waals surface area contributed by atoms with E-state index >= 15 is 0 Å². The molecule has 128 valence electrons. The molecule has 2 aromatic carbocycles. The van der Waals surface area contributed by atoms with Gasteiger partial charge in [-0.1, -0.05) is 5.21 Å². The quantitative estimate of drug-likeness (QED) is 0.527. The lowest BCUT2D eigenvalue weighted by molar-refractivity contribution is 0.0319. The van der Waals surface area contributed by atoms with Crippen molar-refractivity contribution < 1.29 is 18.7 Å². The van der Waals surface area contributed by atoms with Gasteiger partial charge in [-0.3, -0.25) is 4.79 Å². The van der Waals surface area contributed by atoms with Gasteiger partial charge in [-0.2, -0.15) is 0 Å². The van der Waals surface area contributed by atoms with Crippen LogP contribution in [-0.4, -0.2) is 32.9 Å². The van der Waals surface area contributed by atoms with Gasteiger partial charge < -0.3 is 4.74 Å². The Morgan fingerprint density at radius 2 is 1.84 bits per heavy atom. The van der Waals surface area contributed by atoms with E-state index in [-0.39, 0.29) is 11.1 Å². The zero-order valence-corrected chi connectivity index (χ0v) is 13.8. The van der Waals surface area contributed by atoms with Gasteiger partial charge in [0.05, 0.1) is 11.1 Å². The highest BCUT2D eigenvalue weighted by Gasteiger charge is 2.21. The number of rotatable bonds is 5. The first kappa shape index (κ1) is 16.8. The van der Waals surface area contributed by atoms with Gasteiger partial charge in [0.2, 0.25) is 5.78 Å². The second-order valence-corrected chi connectivity index (χ2v) is 5.53. The fourth-order valence-corrected chi connectivity index (χ4v) is 2.46. The third kappa shape index (κ3) is 3.40. The molecule has 0 N–H and O–H groups in total. The van der Waals surface area contributed by atoms with Crippen molar-refractivity contribution in [1.82, 2.24) is 15.0 Å². The van der Waals surface area contributed by atoms with Crippen LogP contribution in [0.3, 0.4) is 0 Å². The summed E-state index contributed by atoms with van der Waals surface area (Å²) in [6, 6.07) is 10.0. The lowest BCUT2D eigenvalue weighted by atomic mass is 10.1. The molecule has 6 nitrogen and oxygen atoms in total. The van der Waals surface area contributed by atoms with E-state index in [9.17, 15) is 14.0 Å². The summed E-state index contributed by atoms with van der Waals surface area (Å²) in [6.45, 7) is 4.10. The molecule has 1 heterocycles. The molecule has 0 aliphatic carbocycles. The van der Waals surface area contributed by atoms with E-state index in [1.54, 1.807) is 22.9 Å². The van der Waals surface area contributed by atoms with Crippen LogP contribution in [-0.2, 0) is 11.3 Å². The van der Waals surface area contributed by atoms with Crippen molar-refractivity contribution in [3.05, 3.63) is 59.4 Å². The topological polar surface area (TPSA) is 74.1 Å². The minimum absolute atomic E-state index is 0.281. The summed E-state index contributed by atoms with van der Waals surface area (Å²) in [5.41, 5.74) is 1.96. The highest BCUT2D eigenvalue weighted by atomic mass is 19.1. The van der Waals surface area contributed by atoms with Gasteiger partial charge in [0.15, 0.2) is 6.10 Å². The molecule has 0 saturated carbocycles. The summed E-state index contributed by atoms with van der Waals surface area (Å²) in [5, 5.41) is 7.99. The fraction of sp³-hybridized carbons (Fsp3) is 0.222. The Morgan fingerprint density at radius 3 is 2.52 bits per heavy atom. The zero-order valence-electron chi connectivity index (χ0n) is 13.8. The summed E-state index contributed by atoms with van der Waals surface area (Å²) in [5.74, 6) is -1.46. The molecule has 0 amide bonds. The van der Waals surface area contributed by atoms with E-state index < -0.39 is 23.7 Å². The molecule has 3 aromatic rings. The van der Waals surface area contributed by atoms with Gasteiger partial charge in [-0.05, 0) is 56.3 Å². The van der Waals surface area contributed by atoms with Crippen molar-refractivity contribution in [2.75, 3.05) is 0 Å². The lowest BCUT2D eigenvalue weighted by Gasteiger charge is -2.12. The molecule has 0 bridgehead atoms. The smallest absolute Gasteiger partial charge is 0.338 e. The van der Waals surface area contributed by atoms with Crippen LogP contribution in [0.5, 0.6) is 0 Å². The van der Waals surface area contributed by atoms with E-state index in [4.69, 9.17) is 4.74 Å². The number of nitrogens with zero attached hydrogens (tertiary/aromatic N) is 3. The molecular weight excluding hydrogens is 325 g/mol. The first-order chi connectivity index (χ1) is 12.0. The van der Waals surface area contributed by atoms with Crippen LogP contribution < -0.4 is 0 Å². The number of hydrogen-bond acceptors (Lipinski definition) is 5. The normalized spacial score (nSPS) is 12.1. The summed E-state index contributed by atoms with van der Waals surface area (Å²) in [6.07, 6.45) is -0.986. The van der Waals surface area contributed by atoms with E-state index in [0.717, 1.165) is 5.52 Å². The third-order valence-electron chi connectivity index (χ3n) is 3.83. The Labute approximate surface area is 143 Å². The monoisotopic (exact) mass is 341 g/mol. The Bertz CT molecular complexity index is 934. The van der Waals surface area contributed by atoms with Crippen LogP contribution in [0.15, 0.2) is 42.5 Å². The second-order valence-electron chi connectivity index (χ2n) is 5.53. The largest absolute Gasteiger partial charge is 0.451 e. The number of ether oxygens (including phenoxy) is 1. The van der Waals surface area contributed by atoms with Crippen LogP contribution in [0.4, 0.5) is 4.39 Å². The molecule has 0 fully saturated rings. The average Bonchev–Trinajstić information content (AvgIpc) is 3.03. The van der Waals surface area contributed by atoms with E-state index in [0.29, 0.717) is 12.1 Å². The summed E-state index contributed by atoms with van der Waals surface area (Å²) < 4.78 is 19.9. The van der Waals surface area contributed by atoms with E-state index in [1.165, 1.54) is 31.2 Å². The van der Waals surface area contributed by atoms with Crippen molar-refractivity contribution in [2.24, 2.45) is 0 Å². The number of carbonyl (C=O) groups excluding carboxylic acids is 2. The van der Waals surface area contributed by atoms with Crippen molar-refractivity contribution in [3.8, 4) is 0 Å². The standard InChI is InChI=1S/C18H16FN3O3/c1-3-22-16-9-6-13(10-15(16)20-21-22)18(24)25-11(2)17(23)12-4-7-14(19)8-5-12/h4-11H,3H2,1-2H3. The van der Waals surface area contributed by atoms with Crippen LogP contribution in [0.1, 0.15) is 34.6 Å². The maximum Gasteiger partial charge on any atom is 0.338 e. The van der Waals surface area contributed by atoms with Crippen molar-refractivity contribution in [1.29, 1.82) is 0 Å². The molecule has 1 aromatic heterocycles. The number of carbonyl (C=O) groups is 2. The number of fused-ring (bicyclic) bond motifs is 1. The number of hydrogen-bond donors (Lipinski definition) is 0. The van der Waals surface area contributed by atoms with Crippen LogP contribution in [0.25, 0.3) is 11.0 Å². The minimum Gasteiger partial charge on any atom is -0.451 e. The molecular formula is C18H16FN3O3. The Balaban J connectivity index is 1.74. The highest BCUT2D eigenvalue weighted by molar-refractivity contribution is 6.01. The second kappa shape index (κ2) is 6.80. The van der Waals surface area contributed by atoms with Crippen molar-refractivity contribution in [3.63, 3.8) is 0 Å². The number of esters is 1. The average molecular weight is 341 g/mol. The maximum absolute atomic E-state index is 12.9. The molecule has 25 heavy (non-hydrogen) atoms. The van der Waals surface area contributed by atoms with Crippen LogP contribution in [0.2, 0.25) is 0 Å². The Morgan fingerprint density at radius 1 is 1.16 bits per heavy atom. The predicted octanol–water partition coefficient (Wildman–Crippen LogP) is 3.02. The molecule has 0 spiro atoms. The highest BCUT2D eigenvalue weighted by Crippen LogP contribution is 2.16. The molecule has 0 aliphatic rings. The summed E-state index contributed by atoms with van der Waals surface area (Å²) in [4.78, 5) is 24.5. The number of benzene rings is 2. The van der Waals surface area contributed by atoms with Gasteiger partial charge in [-0.25, -0.2) is 13.9 Å². The van der Waals surface area contributed by atoms with Gasteiger partial charge in [-0.15, -0.1) is 5.10 Å². The minimum atomic E-state index is -0.986. The first-order valence-electron chi connectivity index (χ1n) is 7.83. The first-order valence-corrected chi connectivity index (χ1v) is 7.83. The third-order valence-corrected chi connectivity index (χ3v) is 3.83. The Hall–Kier alpha value is -3.09. The van der Waals surface area contributed by atoms with Gasteiger partial charge >= 0.3 is 5.97 Å². The molecule has 7 heteroatoms. The molecule has 1 unspecified atom stereocenters. The molecule has 0 aliphatic heterocycles. The summed E-state index contributed by atoms with van der Waals surface area (Å²) >= 11 is 0. The van der Waals surface area contributed by atoms with Crippen molar-refractivity contribution >= 4 is 22.8 Å². The van der Waals surface area contributed by atoms with E-state index in [2.05, 4.69) is 10.3 Å². The van der Waals surface area contributed by atoms with Crippen LogP contribution in [0, 0.1) is 5.82 Å². The molecule has 0 radical (unpaired) electrons. The SMILES string of the molecule is CCn1nnc2cc(C(=O)OC(C)C(=O)c3ccc(F)cc3)ccc21. The van der Waals surface area contributed by atoms with Gasteiger partial charge in [0, 0.05) is 12.1 Å².